The minimum absolute atomic E-state index is 0. The third-order valence-electron chi connectivity index (χ3n) is 4.99. The Balaban J connectivity index is 0.00000392. The molecule has 1 aliphatic rings. The highest BCUT2D eigenvalue weighted by molar-refractivity contribution is 7.46. The number of carbonyl (C=O) groups is 1. The Morgan fingerprint density at radius 3 is 2.36 bits per heavy atom. The summed E-state index contributed by atoms with van der Waals surface area (Å²) in [4.78, 5) is 30.1. The molecule has 28 heavy (non-hydrogen) atoms. The molecular weight excluding hydrogens is 401 g/mol. The molecule has 0 amide bonds. The highest BCUT2D eigenvalue weighted by Crippen LogP contribution is 2.39. The lowest BCUT2D eigenvalue weighted by molar-refractivity contribution is -0.120. The first-order valence-electron chi connectivity index (χ1n) is 9.95. The number of halogens is 1. The van der Waals surface area contributed by atoms with Crippen molar-refractivity contribution in [2.24, 2.45) is 0 Å². The van der Waals surface area contributed by atoms with E-state index in [1.165, 1.54) is 44.1 Å². The smallest absolute Gasteiger partial charge is 0.305 e. The van der Waals surface area contributed by atoms with E-state index in [4.69, 9.17) is 9.79 Å². The number of nitrogens with one attached hydrogen (secondary N) is 1. The van der Waals surface area contributed by atoms with Gasteiger partial charge in [-0.25, -0.2) is 4.57 Å². The monoisotopic (exact) mass is 433 g/mol. The number of benzene rings is 1. The second kappa shape index (κ2) is 12.7. The van der Waals surface area contributed by atoms with Crippen molar-refractivity contribution in [3.05, 3.63) is 35.4 Å². The van der Waals surface area contributed by atoms with Crippen LogP contribution >= 0.6 is 20.2 Å². The van der Waals surface area contributed by atoms with Crippen LogP contribution in [0.4, 0.5) is 0 Å². The molecule has 0 saturated carbocycles. The minimum Gasteiger partial charge on any atom is -0.305 e. The van der Waals surface area contributed by atoms with Gasteiger partial charge in [0.2, 0.25) is 0 Å². The number of ketones is 1. The maximum absolute atomic E-state index is 12.4. The van der Waals surface area contributed by atoms with Crippen LogP contribution in [-0.4, -0.2) is 34.3 Å². The van der Waals surface area contributed by atoms with Crippen molar-refractivity contribution in [1.29, 1.82) is 0 Å². The molecule has 0 unspecified atom stereocenters. The van der Waals surface area contributed by atoms with E-state index in [9.17, 15) is 9.36 Å². The zero-order valence-corrected chi connectivity index (χ0v) is 18.2. The van der Waals surface area contributed by atoms with Crippen LogP contribution in [0.5, 0.6) is 0 Å². The van der Waals surface area contributed by atoms with Gasteiger partial charge >= 0.3 is 7.82 Å². The molecule has 1 saturated heterocycles. The van der Waals surface area contributed by atoms with Gasteiger partial charge in [-0.15, -0.1) is 12.4 Å². The SMILES string of the molecule is CCCCCCCCc1ccc(CC(=O)[C@@H]2C[C@@H](OP(=O)(O)O)CN2)cc1.Cl. The van der Waals surface area contributed by atoms with Crippen LogP contribution in [-0.2, 0) is 26.7 Å². The van der Waals surface area contributed by atoms with Gasteiger partial charge in [0.25, 0.3) is 0 Å². The van der Waals surface area contributed by atoms with E-state index in [0.29, 0.717) is 12.8 Å². The van der Waals surface area contributed by atoms with E-state index in [-0.39, 0.29) is 24.7 Å². The predicted octanol–water partition coefficient (Wildman–Crippen LogP) is 3.96. The summed E-state index contributed by atoms with van der Waals surface area (Å²) in [7, 11) is -4.51. The molecule has 1 heterocycles. The first-order chi connectivity index (χ1) is 12.9. The third-order valence-corrected chi connectivity index (χ3v) is 5.56. The number of hydrogen-bond acceptors (Lipinski definition) is 4. The van der Waals surface area contributed by atoms with Crippen LogP contribution in [0.25, 0.3) is 0 Å². The molecule has 2 atom stereocenters. The maximum Gasteiger partial charge on any atom is 0.469 e. The molecule has 0 spiro atoms. The standard InChI is InChI=1S/C20H32NO5P.ClH/c1-2-3-4-5-6-7-8-16-9-11-17(12-10-16)13-20(22)19-14-18(15-21-19)26-27(23,24)25;/h9-12,18-19,21H,2-8,13-15H2,1H3,(H2,23,24,25);1H/t18-,19+;/m1./s1. The molecule has 1 aromatic carbocycles. The molecule has 0 radical (unpaired) electrons. The van der Waals surface area contributed by atoms with Crippen LogP contribution < -0.4 is 5.32 Å². The Morgan fingerprint density at radius 1 is 1.11 bits per heavy atom. The van der Waals surface area contributed by atoms with Crippen molar-refractivity contribution >= 4 is 26.0 Å². The van der Waals surface area contributed by atoms with Crippen molar-refractivity contribution in [1.82, 2.24) is 5.32 Å². The zero-order chi connectivity index (χ0) is 19.7. The summed E-state index contributed by atoms with van der Waals surface area (Å²) in [5.41, 5.74) is 2.27. The molecule has 0 bridgehead atoms. The molecule has 1 fully saturated rings. The molecule has 6 nitrogen and oxygen atoms in total. The zero-order valence-electron chi connectivity index (χ0n) is 16.5. The molecule has 1 aliphatic heterocycles. The van der Waals surface area contributed by atoms with E-state index >= 15 is 0 Å². The number of unbranched alkanes of at least 4 members (excludes halogenated alkanes) is 5. The largest absolute Gasteiger partial charge is 0.469 e. The molecule has 0 aromatic heterocycles. The van der Waals surface area contributed by atoms with Crippen molar-refractivity contribution in [2.75, 3.05) is 6.54 Å². The van der Waals surface area contributed by atoms with Crippen molar-refractivity contribution in [3.63, 3.8) is 0 Å². The molecule has 2 rings (SSSR count). The Bertz CT molecular complexity index is 634. The Labute approximate surface area is 174 Å². The van der Waals surface area contributed by atoms with Gasteiger partial charge in [0.05, 0.1) is 12.1 Å². The molecule has 160 valence electrons. The second-order valence-electron chi connectivity index (χ2n) is 7.39. The van der Waals surface area contributed by atoms with Gasteiger partial charge in [-0.2, -0.15) is 0 Å². The lowest BCUT2D eigenvalue weighted by Gasteiger charge is -2.12. The van der Waals surface area contributed by atoms with E-state index in [0.717, 1.165) is 12.0 Å². The summed E-state index contributed by atoms with van der Waals surface area (Å²) >= 11 is 0. The van der Waals surface area contributed by atoms with Gasteiger partial charge < -0.3 is 15.1 Å². The minimum atomic E-state index is -4.51. The van der Waals surface area contributed by atoms with Gasteiger partial charge in [0, 0.05) is 13.0 Å². The summed E-state index contributed by atoms with van der Waals surface area (Å²) in [6.45, 7) is 2.50. The Morgan fingerprint density at radius 2 is 1.71 bits per heavy atom. The van der Waals surface area contributed by atoms with Gasteiger partial charge in [-0.1, -0.05) is 63.3 Å². The van der Waals surface area contributed by atoms with Crippen LogP contribution in [0.3, 0.4) is 0 Å². The van der Waals surface area contributed by atoms with E-state index in [1.54, 1.807) is 0 Å². The predicted molar refractivity (Wildman–Crippen MR) is 113 cm³/mol. The van der Waals surface area contributed by atoms with E-state index in [2.05, 4.69) is 28.9 Å². The van der Waals surface area contributed by atoms with Crippen LogP contribution in [0.15, 0.2) is 24.3 Å². The first-order valence-corrected chi connectivity index (χ1v) is 11.5. The molecule has 1 aromatic rings. The lowest BCUT2D eigenvalue weighted by atomic mass is 9.99. The van der Waals surface area contributed by atoms with Crippen molar-refractivity contribution in [3.8, 4) is 0 Å². The lowest BCUT2D eigenvalue weighted by Crippen LogP contribution is -2.31. The third kappa shape index (κ3) is 9.64. The quantitative estimate of drug-likeness (QED) is 0.341. The van der Waals surface area contributed by atoms with Crippen molar-refractivity contribution in [2.45, 2.75) is 76.9 Å². The van der Waals surface area contributed by atoms with Crippen LogP contribution in [0.2, 0.25) is 0 Å². The van der Waals surface area contributed by atoms with Crippen LogP contribution in [0.1, 0.15) is 63.0 Å². The number of rotatable bonds is 12. The number of carbonyl (C=O) groups excluding carboxylic acids is 1. The Kier molecular flexibility index (Phi) is 11.5. The average molecular weight is 434 g/mol. The number of Topliss-reactive ketones (excluding diaryl/α,β-unsaturated/α-hetero) is 1. The summed E-state index contributed by atoms with van der Waals surface area (Å²) < 4.78 is 15.6. The van der Waals surface area contributed by atoms with E-state index in [1.807, 2.05) is 12.1 Å². The maximum atomic E-state index is 12.4. The summed E-state index contributed by atoms with van der Waals surface area (Å²) in [6.07, 6.45) is 8.76. The fourth-order valence-corrected chi connectivity index (χ4v) is 4.03. The number of hydrogen-bond donors (Lipinski definition) is 3. The highest BCUT2D eigenvalue weighted by atomic mass is 35.5. The Hall–Kier alpha value is -0.750. The van der Waals surface area contributed by atoms with Gasteiger partial charge in [-0.3, -0.25) is 9.32 Å². The normalized spacial score (nSPS) is 19.4. The van der Waals surface area contributed by atoms with Gasteiger partial charge in [0.15, 0.2) is 5.78 Å². The highest BCUT2D eigenvalue weighted by Gasteiger charge is 2.33. The topological polar surface area (TPSA) is 95.9 Å². The fraction of sp³-hybridized carbons (Fsp3) is 0.650. The first kappa shape index (κ1) is 25.3. The number of aryl methyl sites for hydroxylation is 1. The number of phosphoric acid groups is 1. The van der Waals surface area contributed by atoms with Crippen LogP contribution in [0, 0.1) is 0 Å². The summed E-state index contributed by atoms with van der Waals surface area (Å²) in [5, 5.41) is 2.99. The van der Waals surface area contributed by atoms with Gasteiger partial charge in [0.1, 0.15) is 0 Å². The molecule has 0 aliphatic carbocycles. The summed E-state index contributed by atoms with van der Waals surface area (Å²) in [5.74, 6) is 0.0236. The molecule has 8 heteroatoms. The average Bonchev–Trinajstić information content (AvgIpc) is 3.06. The number of phosphoric ester groups is 1. The van der Waals surface area contributed by atoms with Crippen molar-refractivity contribution < 1.29 is 23.7 Å². The fourth-order valence-electron chi connectivity index (χ4n) is 3.48. The van der Waals surface area contributed by atoms with E-state index < -0.39 is 20.0 Å². The van der Waals surface area contributed by atoms with Gasteiger partial charge in [-0.05, 0) is 30.4 Å². The second-order valence-corrected chi connectivity index (χ2v) is 8.58. The molecular formula is C20H33ClNO5P. The molecule has 3 N–H and O–H groups in total. The summed E-state index contributed by atoms with van der Waals surface area (Å²) in [6, 6.07) is 7.78.